The second-order valence-electron chi connectivity index (χ2n) is 7.82. The van der Waals surface area contributed by atoms with Crippen molar-refractivity contribution >= 4 is 28.9 Å². The van der Waals surface area contributed by atoms with Gasteiger partial charge in [-0.3, -0.25) is 9.69 Å². The summed E-state index contributed by atoms with van der Waals surface area (Å²) in [5.74, 6) is -1.23. The van der Waals surface area contributed by atoms with Crippen LogP contribution in [-0.2, 0) is 4.74 Å². The van der Waals surface area contributed by atoms with Crippen molar-refractivity contribution < 1.29 is 31.8 Å². The molecule has 1 amide bonds. The third kappa shape index (κ3) is 6.12. The highest BCUT2D eigenvalue weighted by molar-refractivity contribution is 5.98. The van der Waals surface area contributed by atoms with Gasteiger partial charge in [0.15, 0.2) is 11.5 Å². The minimum Gasteiger partial charge on any atom is -0.447 e. The van der Waals surface area contributed by atoms with Crippen LogP contribution < -0.4 is 20.4 Å². The lowest BCUT2D eigenvalue weighted by Gasteiger charge is -2.16. The van der Waals surface area contributed by atoms with Gasteiger partial charge in [0.05, 0.1) is 17.9 Å². The van der Waals surface area contributed by atoms with Crippen molar-refractivity contribution in [2.45, 2.75) is 13.3 Å². The Hall–Kier alpha value is -4.68. The quantitative estimate of drug-likeness (QED) is 0.347. The molecule has 13 heteroatoms. The standard InChI is InChI=1S/C24H19F4N5O4/c1-14(29)11-19(30-15-3-2-4-17(12-15)37-24(26,27)28)22-21(34)7-8-33(31-22)20-6-5-16(13-18(20)25)32-9-10-36-23(32)35/h2-8,11-13,29-30H,9-10H2,1H3/b19-11-,29-14?. The number of ether oxygens (including phenoxy) is 2. The Morgan fingerprint density at radius 3 is 2.62 bits per heavy atom. The van der Waals surface area contributed by atoms with Gasteiger partial charge < -0.3 is 20.2 Å². The van der Waals surface area contributed by atoms with E-state index in [0.717, 1.165) is 28.9 Å². The first-order valence-electron chi connectivity index (χ1n) is 10.7. The van der Waals surface area contributed by atoms with Crippen LogP contribution in [0.5, 0.6) is 5.75 Å². The highest BCUT2D eigenvalue weighted by Crippen LogP contribution is 2.27. The predicted molar refractivity (Wildman–Crippen MR) is 127 cm³/mol. The fourth-order valence-electron chi connectivity index (χ4n) is 3.51. The lowest BCUT2D eigenvalue weighted by molar-refractivity contribution is -0.274. The molecule has 0 spiro atoms. The summed E-state index contributed by atoms with van der Waals surface area (Å²) in [6.07, 6.45) is -3.00. The van der Waals surface area contributed by atoms with Gasteiger partial charge in [-0.15, -0.1) is 13.2 Å². The summed E-state index contributed by atoms with van der Waals surface area (Å²) >= 11 is 0. The van der Waals surface area contributed by atoms with Crippen molar-refractivity contribution in [2.24, 2.45) is 0 Å². The van der Waals surface area contributed by atoms with Crippen LogP contribution in [0, 0.1) is 11.2 Å². The van der Waals surface area contributed by atoms with Crippen molar-refractivity contribution in [3.63, 3.8) is 0 Å². The summed E-state index contributed by atoms with van der Waals surface area (Å²) in [7, 11) is 0. The van der Waals surface area contributed by atoms with E-state index in [1.165, 1.54) is 48.4 Å². The number of alkyl halides is 3. The van der Waals surface area contributed by atoms with Crippen LogP contribution in [0.15, 0.2) is 65.6 Å². The van der Waals surface area contributed by atoms with Crippen molar-refractivity contribution in [3.05, 3.63) is 82.5 Å². The molecule has 2 heterocycles. The number of hydrogen-bond donors (Lipinski definition) is 2. The molecule has 1 aliphatic rings. The van der Waals surface area contributed by atoms with Gasteiger partial charge in [-0.2, -0.15) is 5.10 Å². The Morgan fingerprint density at radius 2 is 1.97 bits per heavy atom. The lowest BCUT2D eigenvalue weighted by Crippen LogP contribution is -2.23. The molecular formula is C24H19F4N5O4. The SMILES string of the molecule is CC(=N)/C=C(\Nc1cccc(OC(F)(F)F)c1)c1nn(-c2ccc(N3CCOC3=O)cc2F)ccc1=O. The number of hydrogen-bond acceptors (Lipinski definition) is 7. The number of rotatable bonds is 7. The predicted octanol–water partition coefficient (Wildman–Crippen LogP) is 4.72. The Morgan fingerprint density at radius 1 is 1.19 bits per heavy atom. The number of nitrogens with one attached hydrogen (secondary N) is 2. The molecule has 1 fully saturated rings. The average molecular weight is 517 g/mol. The van der Waals surface area contributed by atoms with Crippen molar-refractivity contribution in [2.75, 3.05) is 23.4 Å². The zero-order chi connectivity index (χ0) is 26.7. The molecule has 0 radical (unpaired) electrons. The Kier molecular flexibility index (Phi) is 6.96. The van der Waals surface area contributed by atoms with Gasteiger partial charge in [-0.1, -0.05) is 6.07 Å². The maximum absolute atomic E-state index is 15.0. The van der Waals surface area contributed by atoms with Gasteiger partial charge in [0.1, 0.15) is 18.0 Å². The summed E-state index contributed by atoms with van der Waals surface area (Å²) < 4.78 is 62.7. The molecule has 0 saturated carbocycles. The third-order valence-electron chi connectivity index (χ3n) is 5.02. The first-order valence-corrected chi connectivity index (χ1v) is 10.7. The number of nitrogens with zero attached hydrogens (tertiary/aromatic N) is 3. The van der Waals surface area contributed by atoms with Crippen molar-refractivity contribution in [3.8, 4) is 11.4 Å². The molecule has 2 aromatic carbocycles. The molecule has 0 atom stereocenters. The molecule has 2 N–H and O–H groups in total. The molecule has 1 aromatic heterocycles. The van der Waals surface area contributed by atoms with E-state index in [1.54, 1.807) is 0 Å². The number of benzene rings is 2. The fraction of sp³-hybridized carbons (Fsp3) is 0.167. The number of halogens is 4. The number of carbonyl (C=O) groups excluding carboxylic acids is 1. The molecule has 0 aliphatic carbocycles. The van der Waals surface area contributed by atoms with Gasteiger partial charge in [-0.25, -0.2) is 13.9 Å². The first-order chi connectivity index (χ1) is 17.5. The Bertz CT molecular complexity index is 1450. The summed E-state index contributed by atoms with van der Waals surface area (Å²) in [6.45, 7) is 1.89. The van der Waals surface area contributed by atoms with Gasteiger partial charge in [0.2, 0.25) is 5.43 Å². The second-order valence-corrected chi connectivity index (χ2v) is 7.82. The maximum Gasteiger partial charge on any atom is 0.573 e. The third-order valence-corrected chi connectivity index (χ3v) is 5.02. The van der Waals surface area contributed by atoms with Crippen LogP contribution in [0.25, 0.3) is 11.4 Å². The molecule has 1 saturated heterocycles. The van der Waals surface area contributed by atoms with Crippen molar-refractivity contribution in [1.29, 1.82) is 5.41 Å². The van der Waals surface area contributed by atoms with Crippen LogP contribution in [0.4, 0.5) is 33.7 Å². The molecule has 4 rings (SSSR count). The van der Waals surface area contributed by atoms with E-state index in [-0.39, 0.29) is 47.3 Å². The molecule has 1 aliphatic heterocycles. The highest BCUT2D eigenvalue weighted by atomic mass is 19.4. The minimum absolute atomic E-state index is 0.00662. The molecule has 37 heavy (non-hydrogen) atoms. The summed E-state index contributed by atoms with van der Waals surface area (Å²) in [5, 5.41) is 14.8. The van der Waals surface area contributed by atoms with Gasteiger partial charge >= 0.3 is 12.5 Å². The zero-order valence-electron chi connectivity index (χ0n) is 19.2. The topological polar surface area (TPSA) is 110 Å². The fourth-order valence-corrected chi connectivity index (χ4v) is 3.51. The van der Waals surface area contributed by atoms with E-state index in [1.807, 2.05) is 0 Å². The molecule has 3 aromatic rings. The average Bonchev–Trinajstić information content (AvgIpc) is 3.24. The first kappa shape index (κ1) is 25.4. The molecule has 0 unspecified atom stereocenters. The lowest BCUT2D eigenvalue weighted by atomic mass is 10.2. The number of amides is 1. The number of carbonyl (C=O) groups is 1. The van der Waals surface area contributed by atoms with Crippen LogP contribution in [0.2, 0.25) is 0 Å². The van der Waals surface area contributed by atoms with Gasteiger partial charge in [0.25, 0.3) is 0 Å². The number of anilines is 2. The Balaban J connectivity index is 1.69. The molecule has 9 nitrogen and oxygen atoms in total. The van der Waals surface area contributed by atoms with Crippen LogP contribution >= 0.6 is 0 Å². The number of cyclic esters (lactones) is 1. The van der Waals surface area contributed by atoms with E-state index in [4.69, 9.17) is 10.1 Å². The van der Waals surface area contributed by atoms with Crippen LogP contribution in [-0.4, -0.2) is 41.1 Å². The highest BCUT2D eigenvalue weighted by Gasteiger charge is 2.31. The van der Waals surface area contributed by atoms with Gasteiger partial charge in [0, 0.05) is 29.7 Å². The minimum atomic E-state index is -4.90. The monoisotopic (exact) mass is 517 g/mol. The number of aromatic nitrogens is 2. The summed E-state index contributed by atoms with van der Waals surface area (Å²) in [6, 6.07) is 10.0. The molecule has 192 valence electrons. The van der Waals surface area contributed by atoms with Crippen molar-refractivity contribution in [1.82, 2.24) is 9.78 Å². The van der Waals surface area contributed by atoms with Gasteiger partial charge in [-0.05, 0) is 43.3 Å². The Labute approximate surface area is 207 Å². The normalized spacial score (nSPS) is 13.9. The molecule has 0 bridgehead atoms. The van der Waals surface area contributed by atoms with Crippen LogP contribution in [0.3, 0.4) is 0 Å². The van der Waals surface area contributed by atoms with E-state index < -0.39 is 29.5 Å². The van der Waals surface area contributed by atoms with Crippen LogP contribution in [0.1, 0.15) is 12.6 Å². The summed E-state index contributed by atoms with van der Waals surface area (Å²) in [5.41, 5.74) is -0.433. The molecular weight excluding hydrogens is 498 g/mol. The van der Waals surface area contributed by atoms with E-state index in [9.17, 15) is 27.2 Å². The summed E-state index contributed by atoms with van der Waals surface area (Å²) in [4.78, 5) is 25.7. The second kappa shape index (κ2) is 10.1. The van der Waals surface area contributed by atoms with E-state index >= 15 is 0 Å². The van der Waals surface area contributed by atoms with E-state index in [0.29, 0.717) is 0 Å². The van der Waals surface area contributed by atoms with E-state index in [2.05, 4.69) is 15.2 Å². The smallest absolute Gasteiger partial charge is 0.447 e. The maximum atomic E-state index is 15.0. The number of allylic oxidation sites excluding steroid dienone is 1. The largest absolute Gasteiger partial charge is 0.573 e. The zero-order valence-corrected chi connectivity index (χ0v) is 19.2.